The second-order valence-electron chi connectivity index (χ2n) is 5.24. The van der Waals surface area contributed by atoms with Crippen molar-refractivity contribution >= 4 is 5.96 Å². The van der Waals surface area contributed by atoms with Gasteiger partial charge in [0, 0.05) is 6.54 Å². The minimum absolute atomic E-state index is 0.0398. The summed E-state index contributed by atoms with van der Waals surface area (Å²) >= 11 is 0. The fraction of sp³-hybridized carbons (Fsp3) is 0.235. The lowest BCUT2D eigenvalue weighted by molar-refractivity contribution is 0.474. The molecule has 3 rings (SSSR count). The molecule has 21 heavy (non-hydrogen) atoms. The Hall–Kier alpha value is -2.49. The number of hydrogen-bond donors (Lipinski definition) is 3. The molecule has 1 unspecified atom stereocenters. The number of nitrogens with one attached hydrogen (secondary N) is 2. The number of aliphatic imine (C=N–C) groups is 1. The molecule has 4 nitrogen and oxygen atoms in total. The number of guanidine groups is 1. The van der Waals surface area contributed by atoms with Crippen molar-refractivity contribution < 1.29 is 5.11 Å². The van der Waals surface area contributed by atoms with Gasteiger partial charge in [-0.15, -0.1) is 0 Å². The van der Waals surface area contributed by atoms with Crippen molar-refractivity contribution in [3.8, 4) is 5.75 Å². The highest BCUT2D eigenvalue weighted by Gasteiger charge is 2.17. The fourth-order valence-electron chi connectivity index (χ4n) is 2.45. The lowest BCUT2D eigenvalue weighted by atomic mass is 9.97. The summed E-state index contributed by atoms with van der Waals surface area (Å²) in [7, 11) is 0. The quantitative estimate of drug-likeness (QED) is 0.809. The van der Waals surface area contributed by atoms with E-state index in [0.29, 0.717) is 0 Å². The van der Waals surface area contributed by atoms with E-state index >= 15 is 0 Å². The molecule has 2 aromatic carbocycles. The van der Waals surface area contributed by atoms with Gasteiger partial charge in [-0.05, 0) is 30.2 Å². The number of aryl methyl sites for hydroxylation is 1. The highest BCUT2D eigenvalue weighted by Crippen LogP contribution is 2.25. The van der Waals surface area contributed by atoms with E-state index in [4.69, 9.17) is 0 Å². The molecule has 3 N–H and O–H groups in total. The van der Waals surface area contributed by atoms with E-state index in [-0.39, 0.29) is 11.8 Å². The van der Waals surface area contributed by atoms with Crippen LogP contribution in [0.2, 0.25) is 0 Å². The van der Waals surface area contributed by atoms with E-state index in [2.05, 4.69) is 46.8 Å². The lowest BCUT2D eigenvalue weighted by Crippen LogP contribution is -2.37. The first-order valence-corrected chi connectivity index (χ1v) is 7.13. The number of aromatic hydroxyl groups is 1. The van der Waals surface area contributed by atoms with E-state index in [1.807, 2.05) is 12.1 Å². The van der Waals surface area contributed by atoms with Gasteiger partial charge in [-0.2, -0.15) is 0 Å². The van der Waals surface area contributed by atoms with E-state index in [9.17, 15) is 5.11 Å². The second-order valence-corrected chi connectivity index (χ2v) is 5.24. The standard InChI is InChI=1S/C17H19N3O/c1-12-5-7-13(8-6-12)16(20-17-18-9-10-19-17)14-3-2-4-15(21)11-14/h2-8,11,16,21H,9-10H2,1H3,(H2,18,19,20). The molecule has 0 aromatic heterocycles. The Morgan fingerprint density at radius 3 is 2.62 bits per heavy atom. The second kappa shape index (κ2) is 5.87. The van der Waals surface area contributed by atoms with Crippen LogP contribution in [0.5, 0.6) is 5.75 Å². The monoisotopic (exact) mass is 281 g/mol. The first-order chi connectivity index (χ1) is 10.2. The minimum Gasteiger partial charge on any atom is -0.508 e. The van der Waals surface area contributed by atoms with Crippen LogP contribution in [0.15, 0.2) is 53.5 Å². The maximum atomic E-state index is 9.74. The molecule has 0 fully saturated rings. The third-order valence-corrected chi connectivity index (χ3v) is 3.57. The van der Waals surface area contributed by atoms with Gasteiger partial charge in [-0.3, -0.25) is 4.99 Å². The summed E-state index contributed by atoms with van der Waals surface area (Å²) in [6.45, 7) is 3.73. The van der Waals surface area contributed by atoms with Gasteiger partial charge in [0.15, 0.2) is 5.96 Å². The first-order valence-electron chi connectivity index (χ1n) is 7.13. The molecule has 0 bridgehead atoms. The van der Waals surface area contributed by atoms with E-state index in [1.54, 1.807) is 12.1 Å². The molecule has 1 aliphatic heterocycles. The minimum atomic E-state index is -0.0398. The predicted molar refractivity (Wildman–Crippen MR) is 84.6 cm³/mol. The van der Waals surface area contributed by atoms with Gasteiger partial charge in [0.25, 0.3) is 0 Å². The van der Waals surface area contributed by atoms with Crippen molar-refractivity contribution in [2.24, 2.45) is 4.99 Å². The summed E-state index contributed by atoms with van der Waals surface area (Å²) in [6.07, 6.45) is 0. The maximum Gasteiger partial charge on any atom is 0.192 e. The molecule has 4 heteroatoms. The molecule has 108 valence electrons. The van der Waals surface area contributed by atoms with Crippen LogP contribution in [-0.2, 0) is 0 Å². The molecule has 2 aromatic rings. The van der Waals surface area contributed by atoms with Crippen LogP contribution >= 0.6 is 0 Å². The van der Waals surface area contributed by atoms with Crippen molar-refractivity contribution in [1.82, 2.24) is 10.6 Å². The van der Waals surface area contributed by atoms with Gasteiger partial charge < -0.3 is 15.7 Å². The molecule has 1 atom stereocenters. The topological polar surface area (TPSA) is 56.7 Å². The molecular weight excluding hydrogens is 262 g/mol. The van der Waals surface area contributed by atoms with E-state index < -0.39 is 0 Å². The fourth-order valence-corrected chi connectivity index (χ4v) is 2.45. The largest absolute Gasteiger partial charge is 0.508 e. The van der Waals surface area contributed by atoms with Gasteiger partial charge in [0.05, 0.1) is 12.6 Å². The summed E-state index contributed by atoms with van der Waals surface area (Å²) in [6, 6.07) is 15.7. The van der Waals surface area contributed by atoms with Crippen LogP contribution in [0.25, 0.3) is 0 Å². The van der Waals surface area contributed by atoms with Gasteiger partial charge in [-0.1, -0.05) is 42.0 Å². The number of hydrogen-bond acceptors (Lipinski definition) is 4. The molecule has 0 spiro atoms. The first kappa shape index (κ1) is 13.5. The third kappa shape index (κ3) is 3.16. The van der Waals surface area contributed by atoms with Crippen molar-refractivity contribution in [1.29, 1.82) is 0 Å². The molecule has 0 saturated carbocycles. The average Bonchev–Trinajstić information content (AvgIpc) is 2.99. The summed E-state index contributed by atoms with van der Waals surface area (Å²) in [5.41, 5.74) is 3.38. The van der Waals surface area contributed by atoms with E-state index in [0.717, 1.165) is 30.2 Å². The van der Waals surface area contributed by atoms with Crippen LogP contribution in [0.4, 0.5) is 0 Å². The van der Waals surface area contributed by atoms with Gasteiger partial charge in [0.1, 0.15) is 5.75 Å². The molecule has 0 saturated heterocycles. The maximum absolute atomic E-state index is 9.74. The molecule has 1 heterocycles. The Balaban J connectivity index is 1.95. The Bertz CT molecular complexity index is 649. The zero-order valence-electron chi connectivity index (χ0n) is 12.0. The highest BCUT2D eigenvalue weighted by molar-refractivity contribution is 5.82. The Morgan fingerprint density at radius 1 is 1.14 bits per heavy atom. The van der Waals surface area contributed by atoms with Gasteiger partial charge >= 0.3 is 0 Å². The summed E-state index contributed by atoms with van der Waals surface area (Å²) in [5, 5.41) is 16.4. The number of benzene rings is 2. The van der Waals surface area contributed by atoms with Crippen molar-refractivity contribution in [3.63, 3.8) is 0 Å². The Labute approximate surface area is 124 Å². The summed E-state index contributed by atoms with van der Waals surface area (Å²) in [5.74, 6) is 1.08. The molecule has 0 aliphatic carbocycles. The number of rotatable bonds is 3. The van der Waals surface area contributed by atoms with Gasteiger partial charge in [0.2, 0.25) is 0 Å². The Kier molecular flexibility index (Phi) is 3.77. The normalized spacial score (nSPS) is 15.2. The number of nitrogens with zero attached hydrogens (tertiary/aromatic N) is 1. The van der Waals surface area contributed by atoms with Crippen LogP contribution in [0.1, 0.15) is 22.7 Å². The van der Waals surface area contributed by atoms with Crippen LogP contribution in [0, 0.1) is 6.92 Å². The summed E-state index contributed by atoms with van der Waals surface area (Å²) in [4.78, 5) is 4.40. The predicted octanol–water partition coefficient (Wildman–Crippen LogP) is 2.34. The van der Waals surface area contributed by atoms with Crippen LogP contribution < -0.4 is 10.6 Å². The molecular formula is C17H19N3O. The molecule has 0 amide bonds. The Morgan fingerprint density at radius 2 is 1.95 bits per heavy atom. The molecule has 0 radical (unpaired) electrons. The van der Waals surface area contributed by atoms with Crippen molar-refractivity contribution in [2.45, 2.75) is 13.0 Å². The lowest BCUT2D eigenvalue weighted by Gasteiger charge is -2.21. The van der Waals surface area contributed by atoms with Crippen LogP contribution in [-0.4, -0.2) is 24.2 Å². The third-order valence-electron chi connectivity index (χ3n) is 3.57. The zero-order chi connectivity index (χ0) is 14.7. The number of phenolic OH excluding ortho intramolecular Hbond substituents is 1. The summed E-state index contributed by atoms with van der Waals surface area (Å²) < 4.78 is 0. The SMILES string of the molecule is Cc1ccc(C(NC2=NCCN2)c2cccc(O)c2)cc1. The van der Waals surface area contributed by atoms with Crippen LogP contribution in [0.3, 0.4) is 0 Å². The van der Waals surface area contributed by atoms with Gasteiger partial charge in [-0.25, -0.2) is 0 Å². The van der Waals surface area contributed by atoms with Crippen molar-refractivity contribution in [2.75, 3.05) is 13.1 Å². The zero-order valence-corrected chi connectivity index (χ0v) is 12.0. The number of phenols is 1. The average molecular weight is 281 g/mol. The van der Waals surface area contributed by atoms with Crippen molar-refractivity contribution in [3.05, 3.63) is 65.2 Å². The highest BCUT2D eigenvalue weighted by atomic mass is 16.3. The molecule has 1 aliphatic rings. The van der Waals surface area contributed by atoms with E-state index in [1.165, 1.54) is 5.56 Å². The smallest absolute Gasteiger partial charge is 0.192 e.